The summed E-state index contributed by atoms with van der Waals surface area (Å²) >= 11 is 0. The SMILES string of the molecule is COc1ccc([C@@H]2NC(=O)O[C@H]2C)cc1. The average Bonchev–Trinajstić information content (AvgIpc) is 2.58. The zero-order valence-corrected chi connectivity index (χ0v) is 8.69. The normalized spacial score (nSPS) is 24.5. The summed E-state index contributed by atoms with van der Waals surface area (Å²) in [5.41, 5.74) is 1.02. The van der Waals surface area contributed by atoms with Crippen LogP contribution in [0.25, 0.3) is 0 Å². The number of benzene rings is 1. The highest BCUT2D eigenvalue weighted by molar-refractivity contribution is 5.70. The number of hydrogen-bond donors (Lipinski definition) is 1. The van der Waals surface area contributed by atoms with Crippen molar-refractivity contribution in [3.05, 3.63) is 29.8 Å². The van der Waals surface area contributed by atoms with Gasteiger partial charge in [-0.3, -0.25) is 0 Å². The maximum atomic E-state index is 11.0. The molecule has 1 aromatic carbocycles. The number of methoxy groups -OCH3 is 1. The lowest BCUT2D eigenvalue weighted by molar-refractivity contribution is 0.141. The molecule has 0 saturated carbocycles. The third kappa shape index (κ3) is 1.88. The Balaban J connectivity index is 2.19. The van der Waals surface area contributed by atoms with Gasteiger partial charge in [-0.15, -0.1) is 0 Å². The maximum absolute atomic E-state index is 11.0. The minimum absolute atomic E-state index is 0.0663. The number of carbonyl (C=O) groups is 1. The zero-order valence-electron chi connectivity index (χ0n) is 8.69. The van der Waals surface area contributed by atoms with Crippen LogP contribution in [0.1, 0.15) is 18.5 Å². The van der Waals surface area contributed by atoms with E-state index in [4.69, 9.17) is 9.47 Å². The molecule has 1 amide bonds. The molecule has 1 aromatic rings. The van der Waals surface area contributed by atoms with Gasteiger partial charge in [0.15, 0.2) is 0 Å². The van der Waals surface area contributed by atoms with Crippen molar-refractivity contribution in [2.24, 2.45) is 0 Å². The summed E-state index contributed by atoms with van der Waals surface area (Å²) in [6.45, 7) is 1.87. The molecule has 4 nitrogen and oxygen atoms in total. The molecule has 1 aliphatic rings. The molecule has 80 valence electrons. The Morgan fingerprint density at radius 3 is 2.47 bits per heavy atom. The molecule has 4 heteroatoms. The molecular weight excluding hydrogens is 194 g/mol. The van der Waals surface area contributed by atoms with E-state index in [1.165, 1.54) is 0 Å². The number of rotatable bonds is 2. The van der Waals surface area contributed by atoms with Crippen molar-refractivity contribution >= 4 is 6.09 Å². The molecule has 1 fully saturated rings. The Morgan fingerprint density at radius 2 is 2.00 bits per heavy atom. The van der Waals surface area contributed by atoms with Crippen molar-refractivity contribution in [1.29, 1.82) is 0 Å². The molecule has 0 aliphatic carbocycles. The lowest BCUT2D eigenvalue weighted by Crippen LogP contribution is -2.20. The number of cyclic esters (lactones) is 1. The summed E-state index contributed by atoms with van der Waals surface area (Å²) < 4.78 is 10.1. The van der Waals surface area contributed by atoms with Crippen molar-refractivity contribution in [2.75, 3.05) is 7.11 Å². The highest BCUT2D eigenvalue weighted by Crippen LogP contribution is 2.25. The molecular formula is C11H13NO3. The predicted octanol–water partition coefficient (Wildman–Crippen LogP) is 1.86. The average molecular weight is 207 g/mol. The third-order valence-electron chi connectivity index (χ3n) is 2.51. The van der Waals surface area contributed by atoms with Crippen LogP contribution in [-0.2, 0) is 4.74 Å². The second kappa shape index (κ2) is 3.81. The first-order valence-corrected chi connectivity index (χ1v) is 4.82. The van der Waals surface area contributed by atoms with Gasteiger partial charge in [-0.05, 0) is 24.6 Å². The lowest BCUT2D eigenvalue weighted by atomic mass is 10.0. The number of hydrogen-bond acceptors (Lipinski definition) is 3. The van der Waals surface area contributed by atoms with Crippen molar-refractivity contribution < 1.29 is 14.3 Å². The van der Waals surface area contributed by atoms with Gasteiger partial charge in [0, 0.05) is 0 Å². The minimum Gasteiger partial charge on any atom is -0.497 e. The Labute approximate surface area is 88.2 Å². The quantitative estimate of drug-likeness (QED) is 0.805. The molecule has 1 heterocycles. The summed E-state index contributed by atoms with van der Waals surface area (Å²) in [5.74, 6) is 0.802. The van der Waals surface area contributed by atoms with E-state index in [9.17, 15) is 4.79 Å². The molecule has 0 spiro atoms. The van der Waals surface area contributed by atoms with Crippen molar-refractivity contribution in [3.63, 3.8) is 0 Å². The highest BCUT2D eigenvalue weighted by Gasteiger charge is 2.31. The molecule has 0 aromatic heterocycles. The Morgan fingerprint density at radius 1 is 1.33 bits per heavy atom. The summed E-state index contributed by atoms with van der Waals surface area (Å²) in [6.07, 6.45) is -0.491. The Bertz CT molecular complexity index is 361. The number of alkyl carbamates (subject to hydrolysis) is 1. The van der Waals surface area contributed by atoms with Gasteiger partial charge in [-0.1, -0.05) is 12.1 Å². The standard InChI is InChI=1S/C11H13NO3/c1-7-10(12-11(13)15-7)8-3-5-9(14-2)6-4-8/h3-7,10H,1-2H3,(H,12,13)/t7-,10+/m0/s1. The minimum atomic E-state index is -0.358. The first-order valence-electron chi connectivity index (χ1n) is 4.82. The molecule has 1 aliphatic heterocycles. The fraction of sp³-hybridized carbons (Fsp3) is 0.364. The number of carbonyl (C=O) groups excluding carboxylic acids is 1. The summed E-state index contributed by atoms with van der Waals surface area (Å²) in [5, 5.41) is 2.76. The van der Waals surface area contributed by atoms with E-state index >= 15 is 0 Å². The lowest BCUT2D eigenvalue weighted by Gasteiger charge is -2.13. The smallest absolute Gasteiger partial charge is 0.408 e. The van der Waals surface area contributed by atoms with Gasteiger partial charge in [0.25, 0.3) is 0 Å². The summed E-state index contributed by atoms with van der Waals surface area (Å²) in [6, 6.07) is 7.52. The van der Waals surface area contributed by atoms with E-state index in [1.807, 2.05) is 31.2 Å². The van der Waals surface area contributed by atoms with Crippen LogP contribution < -0.4 is 10.1 Å². The van der Waals surface area contributed by atoms with Crippen LogP contribution >= 0.6 is 0 Å². The fourth-order valence-corrected chi connectivity index (χ4v) is 1.68. The van der Waals surface area contributed by atoms with E-state index in [0.717, 1.165) is 11.3 Å². The van der Waals surface area contributed by atoms with Crippen LogP contribution in [0.5, 0.6) is 5.75 Å². The van der Waals surface area contributed by atoms with Crippen LogP contribution in [0.4, 0.5) is 4.79 Å². The van der Waals surface area contributed by atoms with Gasteiger partial charge >= 0.3 is 6.09 Å². The second-order valence-electron chi connectivity index (χ2n) is 3.51. The van der Waals surface area contributed by atoms with Gasteiger partial charge in [-0.25, -0.2) is 4.79 Å². The van der Waals surface area contributed by atoms with Crippen LogP contribution in [0, 0.1) is 0 Å². The monoisotopic (exact) mass is 207 g/mol. The maximum Gasteiger partial charge on any atom is 0.408 e. The molecule has 15 heavy (non-hydrogen) atoms. The largest absolute Gasteiger partial charge is 0.497 e. The zero-order chi connectivity index (χ0) is 10.8. The van der Waals surface area contributed by atoms with Gasteiger partial charge in [0.05, 0.1) is 13.2 Å². The van der Waals surface area contributed by atoms with Crippen molar-refractivity contribution in [1.82, 2.24) is 5.32 Å². The highest BCUT2D eigenvalue weighted by atomic mass is 16.6. The van der Waals surface area contributed by atoms with Gasteiger partial charge in [-0.2, -0.15) is 0 Å². The topological polar surface area (TPSA) is 47.6 Å². The number of nitrogens with one attached hydrogen (secondary N) is 1. The van der Waals surface area contributed by atoms with Crippen molar-refractivity contribution in [2.45, 2.75) is 19.1 Å². The van der Waals surface area contributed by atoms with E-state index in [1.54, 1.807) is 7.11 Å². The molecule has 0 bridgehead atoms. The number of ether oxygens (including phenoxy) is 2. The molecule has 0 unspecified atom stereocenters. The van der Waals surface area contributed by atoms with E-state index in [-0.39, 0.29) is 18.2 Å². The molecule has 0 radical (unpaired) electrons. The Kier molecular flexibility index (Phi) is 2.49. The van der Waals surface area contributed by atoms with Gasteiger partial charge < -0.3 is 14.8 Å². The molecule has 1 N–H and O–H groups in total. The summed E-state index contributed by atoms with van der Waals surface area (Å²) in [4.78, 5) is 11.0. The van der Waals surface area contributed by atoms with E-state index in [0.29, 0.717) is 0 Å². The van der Waals surface area contributed by atoms with E-state index < -0.39 is 0 Å². The van der Waals surface area contributed by atoms with Gasteiger partial charge in [0.1, 0.15) is 11.9 Å². The van der Waals surface area contributed by atoms with Crippen LogP contribution in [0.2, 0.25) is 0 Å². The first-order chi connectivity index (χ1) is 7.20. The first kappa shape index (κ1) is 9.83. The summed E-state index contributed by atoms with van der Waals surface area (Å²) in [7, 11) is 1.62. The molecule has 2 rings (SSSR count). The molecule has 1 saturated heterocycles. The van der Waals surface area contributed by atoms with Gasteiger partial charge in [0.2, 0.25) is 0 Å². The fourth-order valence-electron chi connectivity index (χ4n) is 1.68. The molecule has 2 atom stereocenters. The van der Waals surface area contributed by atoms with Crippen molar-refractivity contribution in [3.8, 4) is 5.75 Å². The second-order valence-corrected chi connectivity index (χ2v) is 3.51. The van der Waals surface area contributed by atoms with Crippen LogP contribution in [-0.4, -0.2) is 19.3 Å². The Hall–Kier alpha value is -1.71. The van der Waals surface area contributed by atoms with Crippen LogP contribution in [0.3, 0.4) is 0 Å². The number of amides is 1. The van der Waals surface area contributed by atoms with E-state index in [2.05, 4.69) is 5.32 Å². The van der Waals surface area contributed by atoms with Crippen LogP contribution in [0.15, 0.2) is 24.3 Å². The third-order valence-corrected chi connectivity index (χ3v) is 2.51. The predicted molar refractivity (Wildman–Crippen MR) is 54.8 cm³/mol.